The number of fused-ring (bicyclic) bond motifs is 1. The van der Waals surface area contributed by atoms with Gasteiger partial charge in [0.1, 0.15) is 11.6 Å². The molecule has 2 atom stereocenters. The van der Waals surface area contributed by atoms with Crippen LogP contribution in [0.3, 0.4) is 0 Å². The standard InChI is InChI=1S/C26H27FN4O3/c1-17-14-30(16-28-17)22-10-5-18(13-23(22)33-2)12-20-4-3-11-31-25(19-6-8-21(27)9-7-19)24(15-32)34-29-26(20)31/h5-10,12-14,16,24-25,32H,3-4,11,15H2,1-2H3. The van der Waals surface area contributed by atoms with Gasteiger partial charge in [-0.2, -0.15) is 0 Å². The summed E-state index contributed by atoms with van der Waals surface area (Å²) in [5.41, 5.74) is 4.76. The molecule has 1 fully saturated rings. The number of halogens is 1. The fraction of sp³-hybridized carbons (Fsp3) is 0.308. The zero-order valence-electron chi connectivity index (χ0n) is 19.2. The highest BCUT2D eigenvalue weighted by Crippen LogP contribution is 2.36. The minimum atomic E-state index is -0.522. The first-order chi connectivity index (χ1) is 16.6. The maximum Gasteiger partial charge on any atom is 0.174 e. The summed E-state index contributed by atoms with van der Waals surface area (Å²) in [6.07, 6.45) is 7.09. The van der Waals surface area contributed by atoms with Crippen molar-refractivity contribution in [2.75, 3.05) is 20.3 Å². The lowest BCUT2D eigenvalue weighted by molar-refractivity contribution is -0.0496. The second-order valence-electron chi connectivity index (χ2n) is 8.56. The number of nitrogens with zero attached hydrogens (tertiary/aromatic N) is 4. The molecule has 1 N–H and O–H groups in total. The number of piperidine rings is 1. The first-order valence-electron chi connectivity index (χ1n) is 11.3. The zero-order chi connectivity index (χ0) is 23.7. The second kappa shape index (κ2) is 9.30. The summed E-state index contributed by atoms with van der Waals surface area (Å²) in [6.45, 7) is 2.55. The van der Waals surface area contributed by atoms with Crippen molar-refractivity contribution in [2.45, 2.75) is 31.9 Å². The maximum atomic E-state index is 13.5. The van der Waals surface area contributed by atoms with Gasteiger partial charge >= 0.3 is 0 Å². The Morgan fingerprint density at radius 1 is 1.24 bits per heavy atom. The number of rotatable bonds is 5. The molecule has 2 aliphatic heterocycles. The Bertz CT molecular complexity index is 1240. The van der Waals surface area contributed by atoms with E-state index in [4.69, 9.17) is 9.57 Å². The van der Waals surface area contributed by atoms with E-state index in [1.54, 1.807) is 25.6 Å². The van der Waals surface area contributed by atoms with E-state index in [9.17, 15) is 9.50 Å². The van der Waals surface area contributed by atoms with Crippen molar-refractivity contribution in [2.24, 2.45) is 5.16 Å². The molecular formula is C26H27FN4O3. The van der Waals surface area contributed by atoms with E-state index < -0.39 is 6.10 Å². The predicted octanol–water partition coefficient (Wildman–Crippen LogP) is 4.25. The average molecular weight is 463 g/mol. The second-order valence-corrected chi connectivity index (χ2v) is 8.56. The molecule has 3 heterocycles. The molecule has 1 aromatic heterocycles. The van der Waals surface area contributed by atoms with E-state index in [0.29, 0.717) is 0 Å². The maximum absolute atomic E-state index is 13.5. The highest BCUT2D eigenvalue weighted by Gasteiger charge is 2.39. The van der Waals surface area contributed by atoms with Crippen LogP contribution in [-0.4, -0.2) is 51.8 Å². The summed E-state index contributed by atoms with van der Waals surface area (Å²) in [7, 11) is 1.66. The number of hydrogen-bond donors (Lipinski definition) is 1. The fourth-order valence-corrected chi connectivity index (χ4v) is 4.68. The van der Waals surface area contributed by atoms with Crippen LogP contribution >= 0.6 is 0 Å². The van der Waals surface area contributed by atoms with Crippen LogP contribution in [0.1, 0.15) is 35.7 Å². The van der Waals surface area contributed by atoms with E-state index in [1.165, 1.54) is 12.1 Å². The molecule has 3 aromatic rings. The molecule has 2 unspecified atom stereocenters. The minimum Gasteiger partial charge on any atom is -0.495 e. The van der Waals surface area contributed by atoms with E-state index >= 15 is 0 Å². The minimum absolute atomic E-state index is 0.180. The molecule has 5 rings (SSSR count). The molecule has 0 radical (unpaired) electrons. The monoisotopic (exact) mass is 462 g/mol. The van der Waals surface area contributed by atoms with Crippen LogP contribution in [-0.2, 0) is 4.84 Å². The Hall–Kier alpha value is -3.65. The van der Waals surface area contributed by atoms with Crippen LogP contribution in [0.25, 0.3) is 11.8 Å². The van der Waals surface area contributed by atoms with Crippen LogP contribution in [0, 0.1) is 12.7 Å². The predicted molar refractivity (Wildman–Crippen MR) is 127 cm³/mol. The third-order valence-corrected chi connectivity index (χ3v) is 6.29. The number of hydrogen-bond acceptors (Lipinski definition) is 6. The number of oxime groups is 1. The largest absolute Gasteiger partial charge is 0.495 e. The van der Waals surface area contributed by atoms with Crippen LogP contribution in [0.4, 0.5) is 4.39 Å². The van der Waals surface area contributed by atoms with Gasteiger partial charge in [0.25, 0.3) is 0 Å². The van der Waals surface area contributed by atoms with E-state index in [0.717, 1.165) is 59.1 Å². The van der Waals surface area contributed by atoms with E-state index in [-0.39, 0.29) is 18.5 Å². The van der Waals surface area contributed by atoms with Crippen LogP contribution in [0.2, 0.25) is 0 Å². The van der Waals surface area contributed by atoms with Crippen molar-refractivity contribution in [1.82, 2.24) is 14.5 Å². The number of benzene rings is 2. The van der Waals surface area contributed by atoms with Crippen molar-refractivity contribution in [3.05, 3.63) is 83.2 Å². The number of methoxy groups -OCH3 is 1. The third kappa shape index (κ3) is 4.17. The lowest BCUT2D eigenvalue weighted by atomic mass is 9.93. The molecular weight excluding hydrogens is 435 g/mol. The van der Waals surface area contributed by atoms with Gasteiger partial charge < -0.3 is 24.1 Å². The van der Waals surface area contributed by atoms with E-state index in [2.05, 4.69) is 21.1 Å². The third-order valence-electron chi connectivity index (χ3n) is 6.29. The average Bonchev–Trinajstić information content (AvgIpc) is 3.30. The van der Waals surface area contributed by atoms with Crippen LogP contribution in [0.15, 0.2) is 65.7 Å². The van der Waals surface area contributed by atoms with Gasteiger partial charge in [0, 0.05) is 12.7 Å². The van der Waals surface area contributed by atoms with Gasteiger partial charge in [-0.3, -0.25) is 0 Å². The summed E-state index contributed by atoms with van der Waals surface area (Å²) in [5, 5.41) is 14.3. The molecule has 1 saturated heterocycles. The quantitative estimate of drug-likeness (QED) is 0.614. The molecule has 176 valence electrons. The van der Waals surface area contributed by atoms with Gasteiger partial charge in [0.15, 0.2) is 11.9 Å². The first kappa shape index (κ1) is 22.2. The number of amidine groups is 1. The smallest absolute Gasteiger partial charge is 0.174 e. The summed E-state index contributed by atoms with van der Waals surface area (Å²) in [5.74, 6) is 1.20. The molecule has 2 aromatic carbocycles. The molecule has 7 nitrogen and oxygen atoms in total. The number of aromatic nitrogens is 2. The molecule has 0 saturated carbocycles. The Labute approximate surface area is 197 Å². The highest BCUT2D eigenvalue weighted by atomic mass is 19.1. The Kier molecular flexibility index (Phi) is 6.06. The summed E-state index contributed by atoms with van der Waals surface area (Å²) < 4.78 is 21.1. The summed E-state index contributed by atoms with van der Waals surface area (Å²) in [6, 6.07) is 12.2. The van der Waals surface area contributed by atoms with Crippen molar-refractivity contribution in [1.29, 1.82) is 0 Å². The first-order valence-corrected chi connectivity index (χ1v) is 11.3. The number of imidazole rings is 1. The van der Waals surface area contributed by atoms with Crippen molar-refractivity contribution in [3.8, 4) is 11.4 Å². The van der Waals surface area contributed by atoms with Gasteiger partial charge in [-0.05, 0) is 66.8 Å². The Morgan fingerprint density at radius 2 is 2.06 bits per heavy atom. The van der Waals surface area contributed by atoms with Crippen molar-refractivity contribution >= 4 is 11.9 Å². The lowest BCUT2D eigenvalue weighted by Crippen LogP contribution is -2.49. The molecule has 34 heavy (non-hydrogen) atoms. The van der Waals surface area contributed by atoms with Gasteiger partial charge in [-0.1, -0.05) is 23.4 Å². The van der Waals surface area contributed by atoms with Crippen molar-refractivity contribution in [3.63, 3.8) is 0 Å². The molecule has 0 bridgehead atoms. The highest BCUT2D eigenvalue weighted by molar-refractivity contribution is 6.03. The lowest BCUT2D eigenvalue weighted by Gasteiger charge is -2.43. The van der Waals surface area contributed by atoms with Crippen LogP contribution in [0.5, 0.6) is 5.75 Å². The summed E-state index contributed by atoms with van der Waals surface area (Å²) >= 11 is 0. The SMILES string of the molecule is COc1cc(C=C2CCCN3C2=NOC(CO)C3c2ccc(F)cc2)ccc1-n1cnc(C)c1. The number of ether oxygens (including phenoxy) is 1. The van der Waals surface area contributed by atoms with Crippen LogP contribution < -0.4 is 4.74 Å². The van der Waals surface area contributed by atoms with E-state index in [1.807, 2.05) is 35.9 Å². The molecule has 0 aliphatic carbocycles. The van der Waals surface area contributed by atoms with Gasteiger partial charge in [0.2, 0.25) is 0 Å². The number of aliphatic hydroxyl groups is 1. The molecule has 0 spiro atoms. The Morgan fingerprint density at radius 3 is 2.76 bits per heavy atom. The fourth-order valence-electron chi connectivity index (χ4n) is 4.68. The van der Waals surface area contributed by atoms with Gasteiger partial charge in [-0.25, -0.2) is 9.37 Å². The van der Waals surface area contributed by atoms with Gasteiger partial charge in [0.05, 0.1) is 37.5 Å². The Balaban J connectivity index is 1.48. The van der Waals surface area contributed by atoms with Gasteiger partial charge in [-0.15, -0.1) is 0 Å². The molecule has 0 amide bonds. The van der Waals surface area contributed by atoms with Crippen molar-refractivity contribution < 1.29 is 19.1 Å². The zero-order valence-corrected chi connectivity index (χ0v) is 19.2. The number of aryl methyl sites for hydroxylation is 1. The summed E-state index contributed by atoms with van der Waals surface area (Å²) in [4.78, 5) is 12.2. The number of aliphatic hydroxyl groups excluding tert-OH is 1. The topological polar surface area (TPSA) is 72.1 Å². The normalized spacial score (nSPS) is 21.1. The molecule has 8 heteroatoms. The molecule has 2 aliphatic rings.